The average molecular weight is 171 g/mol. The highest BCUT2D eigenvalue weighted by atomic mass is 16.4. The van der Waals surface area contributed by atoms with Crippen LogP contribution in [0.1, 0.15) is 25.7 Å². The summed E-state index contributed by atoms with van der Waals surface area (Å²) in [5.41, 5.74) is 0. The van der Waals surface area contributed by atoms with Gasteiger partial charge in [0, 0.05) is 19.5 Å². The normalized spacial score (nSPS) is 24.2. The lowest BCUT2D eigenvalue weighted by Crippen LogP contribution is -2.41. The van der Waals surface area contributed by atoms with Gasteiger partial charge in [0.15, 0.2) is 0 Å². The average Bonchev–Trinajstić information content (AvgIpc) is 1.98. The second-order valence-electron chi connectivity index (χ2n) is 3.15. The highest BCUT2D eigenvalue weighted by Crippen LogP contribution is 2.18. The Labute approximate surface area is 71.2 Å². The third-order valence-electron chi connectivity index (χ3n) is 2.28. The molecule has 1 aliphatic rings. The highest BCUT2D eigenvalue weighted by Gasteiger charge is 2.26. The third kappa shape index (κ3) is 1.96. The number of aliphatic carboxylic acids is 1. The molecule has 1 rings (SSSR count). The fourth-order valence-electron chi connectivity index (χ4n) is 1.50. The maximum Gasteiger partial charge on any atom is 0.305 e. The summed E-state index contributed by atoms with van der Waals surface area (Å²) in [5, 5.41) is 8.53. The minimum atomic E-state index is -0.832. The van der Waals surface area contributed by atoms with Gasteiger partial charge in [-0.05, 0) is 12.8 Å². The molecular formula is C8H13NO3. The maximum absolute atomic E-state index is 11.1. The molecule has 0 radical (unpaired) electrons. The summed E-state index contributed by atoms with van der Waals surface area (Å²) in [6.07, 6.45) is 2.27. The molecule has 1 heterocycles. The van der Waals surface area contributed by atoms with Crippen molar-refractivity contribution in [2.45, 2.75) is 31.7 Å². The van der Waals surface area contributed by atoms with Crippen LogP contribution in [-0.2, 0) is 9.59 Å². The summed E-state index contributed by atoms with van der Waals surface area (Å²) in [6.45, 7) is 0. The van der Waals surface area contributed by atoms with E-state index in [1.807, 2.05) is 0 Å². The number of likely N-dealkylation sites (tertiary alicyclic amines) is 1. The number of rotatable bonds is 2. The molecule has 0 saturated carbocycles. The zero-order valence-corrected chi connectivity index (χ0v) is 7.12. The SMILES string of the molecule is CN1C(=O)CCCC1CC(=O)O. The third-order valence-corrected chi connectivity index (χ3v) is 2.28. The summed E-state index contributed by atoms with van der Waals surface area (Å²) in [6, 6.07) is -0.0938. The first-order chi connectivity index (χ1) is 5.61. The van der Waals surface area contributed by atoms with Crippen molar-refractivity contribution >= 4 is 11.9 Å². The van der Waals surface area contributed by atoms with Crippen LogP contribution in [0, 0.1) is 0 Å². The molecule has 4 nitrogen and oxygen atoms in total. The van der Waals surface area contributed by atoms with Gasteiger partial charge in [-0.2, -0.15) is 0 Å². The quantitative estimate of drug-likeness (QED) is 0.657. The molecule has 1 atom stereocenters. The second-order valence-corrected chi connectivity index (χ2v) is 3.15. The Morgan fingerprint density at radius 1 is 1.75 bits per heavy atom. The maximum atomic E-state index is 11.1. The number of carboxylic acids is 1. The summed E-state index contributed by atoms with van der Waals surface area (Å²) in [5.74, 6) is -0.769. The summed E-state index contributed by atoms with van der Waals surface area (Å²) < 4.78 is 0. The Hall–Kier alpha value is -1.06. The number of piperidine rings is 1. The first-order valence-electron chi connectivity index (χ1n) is 4.08. The van der Waals surface area contributed by atoms with Crippen molar-refractivity contribution in [3.05, 3.63) is 0 Å². The molecule has 1 fully saturated rings. The molecule has 68 valence electrons. The Morgan fingerprint density at radius 2 is 2.42 bits per heavy atom. The van der Waals surface area contributed by atoms with Crippen LogP contribution >= 0.6 is 0 Å². The van der Waals surface area contributed by atoms with E-state index in [9.17, 15) is 9.59 Å². The Morgan fingerprint density at radius 3 is 3.00 bits per heavy atom. The summed E-state index contributed by atoms with van der Waals surface area (Å²) in [4.78, 5) is 23.1. The van der Waals surface area contributed by atoms with Crippen LogP contribution in [0.5, 0.6) is 0 Å². The lowest BCUT2D eigenvalue weighted by molar-refractivity contribution is -0.141. The highest BCUT2D eigenvalue weighted by molar-refractivity contribution is 5.78. The molecule has 1 amide bonds. The van der Waals surface area contributed by atoms with Gasteiger partial charge in [0.25, 0.3) is 0 Å². The first kappa shape index (κ1) is 9.03. The van der Waals surface area contributed by atoms with Crippen LogP contribution < -0.4 is 0 Å². The Kier molecular flexibility index (Phi) is 2.68. The molecule has 0 aromatic rings. The van der Waals surface area contributed by atoms with Gasteiger partial charge in [0.2, 0.25) is 5.91 Å². The smallest absolute Gasteiger partial charge is 0.305 e. The van der Waals surface area contributed by atoms with Gasteiger partial charge in [-0.3, -0.25) is 9.59 Å². The van der Waals surface area contributed by atoms with Crippen molar-refractivity contribution in [1.82, 2.24) is 4.90 Å². The predicted octanol–water partition coefficient (Wildman–Crippen LogP) is 0.472. The first-order valence-corrected chi connectivity index (χ1v) is 4.08. The van der Waals surface area contributed by atoms with E-state index in [4.69, 9.17) is 5.11 Å². The molecule has 0 aliphatic carbocycles. The standard InChI is InChI=1S/C8H13NO3/c1-9-6(5-8(11)12)3-2-4-7(9)10/h6H,2-5H2,1H3,(H,11,12). The van der Waals surface area contributed by atoms with E-state index in [0.717, 1.165) is 12.8 Å². The fourth-order valence-corrected chi connectivity index (χ4v) is 1.50. The van der Waals surface area contributed by atoms with Crippen LogP contribution in [0.25, 0.3) is 0 Å². The van der Waals surface area contributed by atoms with E-state index in [1.54, 1.807) is 11.9 Å². The topological polar surface area (TPSA) is 57.6 Å². The van der Waals surface area contributed by atoms with Gasteiger partial charge in [-0.15, -0.1) is 0 Å². The lowest BCUT2D eigenvalue weighted by atomic mass is 10.00. The van der Waals surface area contributed by atoms with Crippen molar-refractivity contribution in [2.24, 2.45) is 0 Å². The molecular weight excluding hydrogens is 158 g/mol. The van der Waals surface area contributed by atoms with Gasteiger partial charge in [-0.1, -0.05) is 0 Å². The fraction of sp³-hybridized carbons (Fsp3) is 0.750. The van der Waals surface area contributed by atoms with Gasteiger partial charge in [0.1, 0.15) is 0 Å². The molecule has 1 N–H and O–H groups in total. The zero-order valence-electron chi connectivity index (χ0n) is 7.12. The van der Waals surface area contributed by atoms with E-state index in [-0.39, 0.29) is 18.4 Å². The number of carboxylic acid groups (broad SMARTS) is 1. The zero-order chi connectivity index (χ0) is 9.14. The Bertz CT molecular complexity index is 202. The largest absolute Gasteiger partial charge is 0.481 e. The number of carbonyl (C=O) groups excluding carboxylic acids is 1. The van der Waals surface area contributed by atoms with Crippen molar-refractivity contribution in [3.63, 3.8) is 0 Å². The predicted molar refractivity (Wildman–Crippen MR) is 42.7 cm³/mol. The van der Waals surface area contributed by atoms with Crippen LogP contribution in [0.2, 0.25) is 0 Å². The number of carbonyl (C=O) groups is 2. The van der Waals surface area contributed by atoms with E-state index in [1.165, 1.54) is 0 Å². The number of amides is 1. The summed E-state index contributed by atoms with van der Waals surface area (Å²) >= 11 is 0. The van der Waals surface area contributed by atoms with E-state index >= 15 is 0 Å². The Balaban J connectivity index is 2.52. The van der Waals surface area contributed by atoms with Gasteiger partial charge >= 0.3 is 5.97 Å². The molecule has 1 unspecified atom stereocenters. The van der Waals surface area contributed by atoms with E-state index in [2.05, 4.69) is 0 Å². The van der Waals surface area contributed by atoms with Crippen molar-refractivity contribution in [2.75, 3.05) is 7.05 Å². The van der Waals surface area contributed by atoms with Crippen LogP contribution in [0.15, 0.2) is 0 Å². The molecule has 0 aromatic carbocycles. The van der Waals surface area contributed by atoms with Gasteiger partial charge < -0.3 is 10.0 Å². The van der Waals surface area contributed by atoms with E-state index < -0.39 is 5.97 Å². The van der Waals surface area contributed by atoms with Crippen molar-refractivity contribution < 1.29 is 14.7 Å². The summed E-state index contributed by atoms with van der Waals surface area (Å²) in [7, 11) is 1.68. The molecule has 1 aliphatic heterocycles. The van der Waals surface area contributed by atoms with Gasteiger partial charge in [0.05, 0.1) is 6.42 Å². The second kappa shape index (κ2) is 3.56. The monoisotopic (exact) mass is 171 g/mol. The molecule has 1 saturated heterocycles. The van der Waals surface area contributed by atoms with Crippen LogP contribution in [0.4, 0.5) is 0 Å². The van der Waals surface area contributed by atoms with Crippen molar-refractivity contribution in [1.29, 1.82) is 0 Å². The van der Waals surface area contributed by atoms with E-state index in [0.29, 0.717) is 6.42 Å². The molecule has 0 spiro atoms. The number of hydrogen-bond donors (Lipinski definition) is 1. The molecule has 4 heteroatoms. The lowest BCUT2D eigenvalue weighted by Gasteiger charge is -2.31. The molecule has 12 heavy (non-hydrogen) atoms. The molecule has 0 aromatic heterocycles. The van der Waals surface area contributed by atoms with Crippen LogP contribution in [0.3, 0.4) is 0 Å². The minimum Gasteiger partial charge on any atom is -0.481 e. The number of hydrogen-bond acceptors (Lipinski definition) is 2. The number of nitrogens with zero attached hydrogens (tertiary/aromatic N) is 1. The minimum absolute atomic E-state index is 0.0625. The van der Waals surface area contributed by atoms with Gasteiger partial charge in [-0.25, -0.2) is 0 Å². The molecule has 0 bridgehead atoms. The van der Waals surface area contributed by atoms with Crippen LogP contribution in [-0.4, -0.2) is 35.0 Å². The van der Waals surface area contributed by atoms with Crippen molar-refractivity contribution in [3.8, 4) is 0 Å².